The highest BCUT2D eigenvalue weighted by molar-refractivity contribution is 6.11. The van der Waals surface area contributed by atoms with Gasteiger partial charge in [0.05, 0.1) is 5.71 Å². The molecule has 0 amide bonds. The molecule has 2 heterocycles. The van der Waals surface area contributed by atoms with Crippen molar-refractivity contribution in [3.63, 3.8) is 0 Å². The average Bonchev–Trinajstić information content (AvgIpc) is 3.59. The van der Waals surface area contributed by atoms with Crippen molar-refractivity contribution < 1.29 is 5.11 Å². The van der Waals surface area contributed by atoms with Crippen molar-refractivity contribution in [2.75, 3.05) is 7.05 Å². The van der Waals surface area contributed by atoms with Gasteiger partial charge in [-0.1, -0.05) is 6.07 Å². The molecule has 7 heteroatoms. The lowest BCUT2D eigenvalue weighted by Gasteiger charge is -2.49. The number of piperidine rings is 1. The summed E-state index contributed by atoms with van der Waals surface area (Å²) in [6.45, 7) is 8.76. The van der Waals surface area contributed by atoms with Crippen molar-refractivity contribution in [1.29, 1.82) is 10.8 Å². The highest BCUT2D eigenvalue weighted by Crippen LogP contribution is 2.34. The molecular formula is C28H37N5O2. The Balaban J connectivity index is 1.45. The second kappa shape index (κ2) is 9.11. The Morgan fingerprint density at radius 2 is 1.69 bits per heavy atom. The van der Waals surface area contributed by atoms with Crippen LogP contribution in [0, 0.1) is 10.8 Å². The normalized spacial score (nSPS) is 19.6. The van der Waals surface area contributed by atoms with E-state index < -0.39 is 0 Å². The van der Waals surface area contributed by atoms with Crippen LogP contribution in [-0.2, 0) is 0 Å². The summed E-state index contributed by atoms with van der Waals surface area (Å²) in [5.74, 6) is 0.311. The topological polar surface area (TPSA) is 105 Å². The van der Waals surface area contributed by atoms with Crippen molar-refractivity contribution in [2.45, 2.75) is 76.5 Å². The summed E-state index contributed by atoms with van der Waals surface area (Å²) in [7, 11) is 1.93. The minimum atomic E-state index is -0.0348. The minimum Gasteiger partial charge on any atom is -0.507 e. The van der Waals surface area contributed by atoms with Crippen LogP contribution in [0.15, 0.2) is 53.5 Å². The molecule has 1 aromatic carbocycles. The van der Waals surface area contributed by atoms with Gasteiger partial charge in [0, 0.05) is 48.0 Å². The number of phenolic OH excluding ortho intramolecular Hbond substituents is 1. The van der Waals surface area contributed by atoms with E-state index in [0.29, 0.717) is 17.4 Å². The fourth-order valence-electron chi connectivity index (χ4n) is 5.37. The predicted molar refractivity (Wildman–Crippen MR) is 142 cm³/mol. The third-order valence-electron chi connectivity index (χ3n) is 7.01. The molecule has 1 saturated heterocycles. The molecule has 0 radical (unpaired) electrons. The molecule has 2 aromatic rings. The van der Waals surface area contributed by atoms with Crippen molar-refractivity contribution in [3.05, 3.63) is 64.6 Å². The van der Waals surface area contributed by atoms with E-state index in [2.05, 4.69) is 33.0 Å². The average molecular weight is 476 g/mol. The number of aromatic nitrogens is 1. The number of likely N-dealkylation sites (N-methyl/N-ethyl adjacent to an activating group) is 1. The summed E-state index contributed by atoms with van der Waals surface area (Å²) in [6.07, 6.45) is 8.94. The number of nitrogens with one attached hydrogen (secondary N) is 3. The summed E-state index contributed by atoms with van der Waals surface area (Å²) < 4.78 is 1.76. The minimum absolute atomic E-state index is 0.0192. The summed E-state index contributed by atoms with van der Waals surface area (Å²) in [6, 6.07) is 9.11. The third kappa shape index (κ3) is 5.73. The molecule has 1 saturated carbocycles. The summed E-state index contributed by atoms with van der Waals surface area (Å²) in [5.41, 5.74) is 1.91. The number of pyridine rings is 1. The Morgan fingerprint density at radius 3 is 2.26 bits per heavy atom. The van der Waals surface area contributed by atoms with Gasteiger partial charge in [-0.15, -0.1) is 0 Å². The number of rotatable bonds is 6. The number of hydrogen-bond acceptors (Lipinski definition) is 5. The SMILES string of the molecule is CN(C(=N)/C=C\C(=N)c1ccc(-c2ccn(C3CC3)c(=O)c2)cc1O)C1CC(C)(C)NC(C)(C)C1. The Labute approximate surface area is 207 Å². The molecule has 4 N–H and O–H groups in total. The van der Waals surface area contributed by atoms with Crippen LogP contribution in [0.1, 0.15) is 65.0 Å². The number of benzene rings is 1. The first kappa shape index (κ1) is 24.9. The van der Waals surface area contributed by atoms with Gasteiger partial charge in [0.25, 0.3) is 5.56 Å². The zero-order chi connectivity index (χ0) is 25.5. The van der Waals surface area contributed by atoms with Gasteiger partial charge in [0.15, 0.2) is 0 Å². The van der Waals surface area contributed by atoms with Crippen LogP contribution in [0.25, 0.3) is 11.1 Å². The van der Waals surface area contributed by atoms with E-state index in [4.69, 9.17) is 10.8 Å². The fraction of sp³-hybridized carbons (Fsp3) is 0.464. The van der Waals surface area contributed by atoms with E-state index in [9.17, 15) is 9.90 Å². The zero-order valence-electron chi connectivity index (χ0n) is 21.4. The van der Waals surface area contributed by atoms with Crippen LogP contribution in [0.2, 0.25) is 0 Å². The van der Waals surface area contributed by atoms with Gasteiger partial charge in [0.1, 0.15) is 11.6 Å². The zero-order valence-corrected chi connectivity index (χ0v) is 21.4. The molecule has 0 spiro atoms. The standard InChI is InChI=1S/C28H37N5O2/c1-27(2)16-21(17-28(3,4)31-27)32(5)25(30)11-10-23(29)22-9-6-18(14-24(22)34)19-12-13-33(20-7-8-20)26(35)15-19/h6,9-15,20-21,29-31,34H,7-8,16-17H2,1-5H3/b11-10-,29-23?,30-25?. The molecule has 0 atom stereocenters. The summed E-state index contributed by atoms with van der Waals surface area (Å²) >= 11 is 0. The smallest absolute Gasteiger partial charge is 0.251 e. The number of phenols is 1. The summed E-state index contributed by atoms with van der Waals surface area (Å²) in [4.78, 5) is 14.3. The van der Waals surface area contributed by atoms with Crippen molar-refractivity contribution in [1.82, 2.24) is 14.8 Å². The summed E-state index contributed by atoms with van der Waals surface area (Å²) in [5, 5.41) is 31.3. The van der Waals surface area contributed by atoms with E-state index in [1.165, 1.54) is 0 Å². The molecule has 1 aliphatic heterocycles. The third-order valence-corrected chi connectivity index (χ3v) is 7.01. The fourth-order valence-corrected chi connectivity index (χ4v) is 5.37. The number of amidine groups is 1. The van der Waals surface area contributed by atoms with E-state index in [0.717, 1.165) is 36.8 Å². The lowest BCUT2D eigenvalue weighted by molar-refractivity contribution is 0.114. The van der Waals surface area contributed by atoms with Crippen molar-refractivity contribution >= 4 is 11.5 Å². The van der Waals surface area contributed by atoms with Gasteiger partial charge in [-0.3, -0.25) is 10.2 Å². The van der Waals surface area contributed by atoms with E-state index in [1.807, 2.05) is 30.3 Å². The van der Waals surface area contributed by atoms with Crippen LogP contribution in [0.3, 0.4) is 0 Å². The Bertz CT molecular complexity index is 1220. The van der Waals surface area contributed by atoms with Crippen LogP contribution < -0.4 is 10.9 Å². The van der Waals surface area contributed by atoms with Crippen LogP contribution in [0.4, 0.5) is 0 Å². The second-order valence-corrected chi connectivity index (χ2v) is 11.3. The van der Waals surface area contributed by atoms with Crippen molar-refractivity contribution in [2.24, 2.45) is 0 Å². The Hall–Kier alpha value is -3.19. The molecule has 2 fully saturated rings. The lowest BCUT2D eigenvalue weighted by atomic mass is 9.79. The number of allylic oxidation sites excluding steroid dienone is 1. The molecule has 7 nitrogen and oxygen atoms in total. The number of hydrogen-bond donors (Lipinski definition) is 4. The number of aromatic hydroxyl groups is 1. The molecule has 1 aromatic heterocycles. The maximum Gasteiger partial charge on any atom is 0.251 e. The maximum absolute atomic E-state index is 12.4. The van der Waals surface area contributed by atoms with Gasteiger partial charge >= 0.3 is 0 Å². The molecular weight excluding hydrogens is 438 g/mol. The first-order chi connectivity index (χ1) is 16.3. The predicted octanol–water partition coefficient (Wildman–Crippen LogP) is 4.70. The van der Waals surface area contributed by atoms with E-state index >= 15 is 0 Å². The Morgan fingerprint density at radius 1 is 1.06 bits per heavy atom. The molecule has 0 bridgehead atoms. The molecule has 186 valence electrons. The first-order valence-electron chi connectivity index (χ1n) is 12.3. The lowest BCUT2D eigenvalue weighted by Crippen LogP contribution is -2.62. The second-order valence-electron chi connectivity index (χ2n) is 11.3. The molecule has 0 unspecified atom stereocenters. The largest absolute Gasteiger partial charge is 0.507 e. The van der Waals surface area contributed by atoms with Crippen LogP contribution in [0.5, 0.6) is 5.75 Å². The highest BCUT2D eigenvalue weighted by Gasteiger charge is 2.39. The van der Waals surface area contributed by atoms with Crippen LogP contribution in [-0.4, -0.2) is 50.3 Å². The molecule has 1 aliphatic carbocycles. The number of nitrogens with zero attached hydrogens (tertiary/aromatic N) is 2. The van der Waals surface area contributed by atoms with Crippen LogP contribution >= 0.6 is 0 Å². The van der Waals surface area contributed by atoms with Gasteiger partial charge in [-0.25, -0.2) is 0 Å². The highest BCUT2D eigenvalue weighted by atomic mass is 16.3. The Kier molecular flexibility index (Phi) is 6.49. The quantitative estimate of drug-likeness (QED) is 0.359. The molecule has 2 aliphatic rings. The first-order valence-corrected chi connectivity index (χ1v) is 12.3. The monoisotopic (exact) mass is 475 g/mol. The van der Waals surface area contributed by atoms with E-state index in [1.54, 1.807) is 34.9 Å². The van der Waals surface area contributed by atoms with Gasteiger partial charge in [-0.2, -0.15) is 0 Å². The van der Waals surface area contributed by atoms with E-state index in [-0.39, 0.29) is 34.1 Å². The molecule has 35 heavy (non-hydrogen) atoms. The van der Waals surface area contributed by atoms with Gasteiger partial charge < -0.3 is 25.3 Å². The van der Waals surface area contributed by atoms with Crippen molar-refractivity contribution in [3.8, 4) is 16.9 Å². The van der Waals surface area contributed by atoms with Gasteiger partial charge in [0.2, 0.25) is 0 Å². The molecule has 4 rings (SSSR count). The van der Waals surface area contributed by atoms with Gasteiger partial charge in [-0.05, 0) is 94.9 Å². The maximum atomic E-state index is 12.4.